The van der Waals surface area contributed by atoms with Crippen LogP contribution in [0, 0.1) is 73.6 Å². The summed E-state index contributed by atoms with van der Waals surface area (Å²) in [4.78, 5) is 15.4. The van der Waals surface area contributed by atoms with Gasteiger partial charge in [0.05, 0.1) is 34.6 Å². The second-order valence-corrected chi connectivity index (χ2v) is 29.6. The largest absolute Gasteiger partial charge is 0.339 e. The van der Waals surface area contributed by atoms with Crippen LogP contribution in [-0.4, -0.2) is 28.7 Å². The number of benzene rings is 10. The number of hydrogen-bond donors (Lipinski definition) is 0. The molecule has 1 aliphatic rings. The van der Waals surface area contributed by atoms with E-state index in [2.05, 4.69) is 292 Å². The first-order chi connectivity index (χ1) is 50.5. The van der Waals surface area contributed by atoms with E-state index in [9.17, 15) is 0 Å². The third-order valence-corrected chi connectivity index (χ3v) is 20.8. The van der Waals surface area contributed by atoms with Crippen LogP contribution in [0.2, 0.25) is 0 Å². The van der Waals surface area contributed by atoms with Gasteiger partial charge < -0.3 is 13.7 Å². The molecular formula is C98H105Ir3N6-3. The van der Waals surface area contributed by atoms with E-state index in [1.807, 2.05) is 48.5 Å². The molecule has 107 heavy (non-hydrogen) atoms. The number of imidazole rings is 3. The first-order valence-electron chi connectivity index (χ1n) is 38.4. The number of fused-ring (bicyclic) bond motifs is 3. The SMILES string of the molecule is CCCCCCc1cc(C)c(-n2cc(-c3cc(C)cc(C)c3)nc2-c2[c-]cccc2)c(C)c1.CCCCCCc1cc(C)c(-n2cc(-c3ccc4c(c3)-c3ccccc3C4(C)C)nc2-c2[c-]cccc2)c(C)c1.CCCCCCc1cc(C)c(-n2cc(-c3ccccc3)nc2-c2[c-]cccc2)c(C)c1.[Ir].[Ir].[Ir]. The molecule has 557 valence electrons. The molecule has 0 spiro atoms. The molecule has 9 heteroatoms. The van der Waals surface area contributed by atoms with Gasteiger partial charge in [0.25, 0.3) is 0 Å². The normalized spacial score (nSPS) is 11.6. The first-order valence-corrected chi connectivity index (χ1v) is 38.4. The number of aryl methyl sites for hydroxylation is 11. The molecule has 0 unspecified atom stereocenters. The summed E-state index contributed by atoms with van der Waals surface area (Å²) in [6.45, 7) is 29.1. The molecule has 0 N–H and O–H groups in total. The maximum Gasteiger partial charge on any atom is 0.0772 e. The van der Waals surface area contributed by atoms with Crippen LogP contribution in [0.3, 0.4) is 0 Å². The van der Waals surface area contributed by atoms with E-state index in [-0.39, 0.29) is 65.7 Å². The fourth-order valence-corrected chi connectivity index (χ4v) is 15.8. The van der Waals surface area contributed by atoms with Crippen molar-refractivity contribution < 1.29 is 60.3 Å². The quantitative estimate of drug-likeness (QED) is 0.0447. The smallest absolute Gasteiger partial charge is 0.0772 e. The summed E-state index contributed by atoms with van der Waals surface area (Å²) in [6, 6.07) is 81.5. The molecule has 6 nitrogen and oxygen atoms in total. The van der Waals surface area contributed by atoms with Gasteiger partial charge in [-0.1, -0.05) is 213 Å². The summed E-state index contributed by atoms with van der Waals surface area (Å²) in [5.41, 5.74) is 33.1. The van der Waals surface area contributed by atoms with Crippen LogP contribution >= 0.6 is 0 Å². The van der Waals surface area contributed by atoms with Crippen LogP contribution in [0.4, 0.5) is 0 Å². The minimum atomic E-state index is 0. The third kappa shape index (κ3) is 19.6. The van der Waals surface area contributed by atoms with Crippen LogP contribution in [-0.2, 0) is 85.0 Å². The first kappa shape index (κ1) is 82.8. The molecule has 0 aliphatic heterocycles. The number of rotatable bonds is 24. The molecule has 3 aromatic heterocycles. The van der Waals surface area contributed by atoms with E-state index in [0.29, 0.717) is 0 Å². The minimum absolute atomic E-state index is 0. The molecule has 3 radical (unpaired) electrons. The van der Waals surface area contributed by atoms with Crippen LogP contribution in [0.15, 0.2) is 219 Å². The van der Waals surface area contributed by atoms with Crippen molar-refractivity contribution >= 4 is 0 Å². The zero-order chi connectivity index (χ0) is 72.9. The molecule has 0 amide bonds. The zero-order valence-corrected chi connectivity index (χ0v) is 72.3. The van der Waals surface area contributed by atoms with Crippen LogP contribution < -0.4 is 0 Å². The second-order valence-electron chi connectivity index (χ2n) is 29.6. The Bertz CT molecular complexity index is 4950. The molecule has 14 rings (SSSR count). The van der Waals surface area contributed by atoms with E-state index in [4.69, 9.17) is 15.0 Å². The summed E-state index contributed by atoms with van der Waals surface area (Å²) in [5.74, 6) is 2.80. The van der Waals surface area contributed by atoms with E-state index in [0.717, 1.165) is 87.2 Å². The average molecular weight is 1940 g/mol. The molecule has 0 fully saturated rings. The van der Waals surface area contributed by atoms with E-state index < -0.39 is 0 Å². The third-order valence-electron chi connectivity index (χ3n) is 20.8. The van der Waals surface area contributed by atoms with Crippen molar-refractivity contribution in [2.24, 2.45) is 0 Å². The summed E-state index contributed by atoms with van der Waals surface area (Å²) < 4.78 is 6.81. The Labute approximate surface area is 680 Å². The van der Waals surface area contributed by atoms with Crippen molar-refractivity contribution in [2.75, 3.05) is 0 Å². The molecule has 10 aromatic carbocycles. The summed E-state index contributed by atoms with van der Waals surface area (Å²) in [7, 11) is 0. The molecule has 1 aliphatic carbocycles. The van der Waals surface area contributed by atoms with Gasteiger partial charge >= 0.3 is 0 Å². The van der Waals surface area contributed by atoms with E-state index in [1.165, 1.54) is 178 Å². The van der Waals surface area contributed by atoms with Crippen LogP contribution in [0.5, 0.6) is 0 Å². The van der Waals surface area contributed by atoms with Crippen molar-refractivity contribution in [3.8, 4) is 96.1 Å². The Balaban J connectivity index is 0.000000185. The second kappa shape index (κ2) is 38.7. The van der Waals surface area contributed by atoms with Gasteiger partial charge in [-0.05, 0) is 184 Å². The fraction of sp³-hybridized carbons (Fsp3) is 0.296. The fourth-order valence-electron chi connectivity index (χ4n) is 15.8. The Morgan fingerprint density at radius 2 is 0.664 bits per heavy atom. The minimum Gasteiger partial charge on any atom is -0.339 e. The van der Waals surface area contributed by atoms with Crippen LogP contribution in [0.25, 0.3) is 96.1 Å². The molecule has 0 atom stereocenters. The molecule has 13 aromatic rings. The van der Waals surface area contributed by atoms with Crippen molar-refractivity contribution in [3.63, 3.8) is 0 Å². The summed E-state index contributed by atoms with van der Waals surface area (Å²) >= 11 is 0. The van der Waals surface area contributed by atoms with Gasteiger partial charge in [-0.2, -0.15) is 0 Å². The van der Waals surface area contributed by atoms with Crippen molar-refractivity contribution in [1.82, 2.24) is 28.7 Å². The average Bonchev–Trinajstić information content (AvgIpc) is 1.58. The van der Waals surface area contributed by atoms with Gasteiger partial charge in [0.1, 0.15) is 0 Å². The predicted octanol–water partition coefficient (Wildman–Crippen LogP) is 26.2. The van der Waals surface area contributed by atoms with Crippen LogP contribution in [0.1, 0.15) is 184 Å². The number of aromatic nitrogens is 6. The molecule has 0 saturated heterocycles. The van der Waals surface area contributed by atoms with Crippen molar-refractivity contribution in [3.05, 3.63) is 309 Å². The topological polar surface area (TPSA) is 53.5 Å². The van der Waals surface area contributed by atoms with Gasteiger partial charge in [0, 0.05) is 118 Å². The van der Waals surface area contributed by atoms with Crippen molar-refractivity contribution in [1.29, 1.82) is 0 Å². The Hall–Kier alpha value is -8.22. The van der Waals surface area contributed by atoms with E-state index in [1.54, 1.807) is 0 Å². The summed E-state index contributed by atoms with van der Waals surface area (Å²) in [6.07, 6.45) is 25.5. The van der Waals surface area contributed by atoms with Gasteiger partial charge in [-0.15, -0.1) is 108 Å². The monoisotopic (exact) mass is 1940 g/mol. The summed E-state index contributed by atoms with van der Waals surface area (Å²) in [5, 5.41) is 0. The standard InChI is InChI=1S/C38H39N2.C31H35N2.C29H31N2.3Ir/c1-6-7-8-10-15-28-22-26(2)36(27(3)23-28)40-25-35(39-37(40)29-16-11-9-12-17-29)30-20-21-34-32(24-30)31-18-13-14-19-33(31)38(34,4)5;1-6-7-8-10-13-26-19-24(4)30(25(5)20-26)33-21-29(28-17-22(2)16-23(3)18-28)32-31(33)27-14-11-9-12-15-27;1-4-5-6-9-14-24-19-22(2)28(23(3)20-24)31-21-27(25-15-10-7-11-16-25)30-29(31)26-17-12-8-13-18-26;;;/h9,11-14,16,18-25H,6-8,10,15H2,1-5H3;9,11-12,14,16-21H,6-8,10,13H2,1-5H3;7-8,10-13,15-17,19-21H,4-6,9,14H2,1-3H3;;;/q3*-1;;;. The van der Waals surface area contributed by atoms with Crippen molar-refractivity contribution in [2.45, 2.75) is 192 Å². The zero-order valence-electron chi connectivity index (χ0n) is 65.1. The van der Waals surface area contributed by atoms with E-state index >= 15 is 0 Å². The molecule has 3 heterocycles. The number of unbranched alkanes of at least 4 members (excludes halogenated alkanes) is 9. The molecular weight excluding hydrogens is 1840 g/mol. The molecule has 0 bridgehead atoms. The Morgan fingerprint density at radius 3 is 1.04 bits per heavy atom. The Morgan fingerprint density at radius 1 is 0.318 bits per heavy atom. The Kier molecular flexibility index (Phi) is 30.0. The number of hydrogen-bond acceptors (Lipinski definition) is 3. The van der Waals surface area contributed by atoms with Gasteiger partial charge in [0.2, 0.25) is 0 Å². The van der Waals surface area contributed by atoms with Gasteiger partial charge in [0.15, 0.2) is 0 Å². The maximum atomic E-state index is 5.25. The van der Waals surface area contributed by atoms with Gasteiger partial charge in [-0.25, -0.2) is 0 Å². The maximum absolute atomic E-state index is 5.25. The molecule has 0 saturated carbocycles. The predicted molar refractivity (Wildman–Crippen MR) is 439 cm³/mol. The number of nitrogens with zero attached hydrogens (tertiary/aromatic N) is 6. The van der Waals surface area contributed by atoms with Gasteiger partial charge in [-0.3, -0.25) is 15.0 Å².